The average molecular weight is 608 g/mol. The highest BCUT2D eigenvalue weighted by Gasteiger charge is 2.49. The number of fused-ring (bicyclic) bond motifs is 1. The van der Waals surface area contributed by atoms with E-state index >= 15 is 0 Å². The summed E-state index contributed by atoms with van der Waals surface area (Å²) in [7, 11) is 1.59. The molecule has 2 heterocycles. The maximum atomic E-state index is 14.2. The van der Waals surface area contributed by atoms with Crippen LogP contribution in [0.15, 0.2) is 66.7 Å². The molecule has 0 saturated carbocycles. The number of esters is 1. The molecule has 3 aromatic carbocycles. The summed E-state index contributed by atoms with van der Waals surface area (Å²) in [6.45, 7) is 3.22. The van der Waals surface area contributed by atoms with E-state index in [-0.39, 0.29) is 37.2 Å². The molecule has 2 aliphatic heterocycles. The number of ether oxygens (including phenoxy) is 4. The molecule has 0 radical (unpaired) electrons. The lowest BCUT2D eigenvalue weighted by atomic mass is 9.82. The van der Waals surface area contributed by atoms with Gasteiger partial charge in [0, 0.05) is 25.0 Å². The van der Waals surface area contributed by atoms with E-state index in [9.17, 15) is 9.59 Å². The summed E-state index contributed by atoms with van der Waals surface area (Å²) in [4.78, 5) is 33.9. The lowest BCUT2D eigenvalue weighted by molar-refractivity contribution is -0.497. The second-order valence-electron chi connectivity index (χ2n) is 10.7. The number of nitrogens with zero attached hydrogens (tertiary/aromatic N) is 2. The Hall–Kier alpha value is -4.20. The number of hydrogen-bond donors (Lipinski definition) is 3. The summed E-state index contributed by atoms with van der Waals surface area (Å²) in [5.74, 6) is 0.649. The minimum absolute atomic E-state index is 0.0924. The molecule has 12 heteroatoms. The van der Waals surface area contributed by atoms with Crippen LogP contribution in [0.2, 0.25) is 0 Å². The quantitative estimate of drug-likeness (QED) is 0.111. The van der Waals surface area contributed by atoms with Crippen molar-refractivity contribution < 1.29 is 43.8 Å². The summed E-state index contributed by atoms with van der Waals surface area (Å²) in [6, 6.07) is 19.2. The predicted octanol–water partition coefficient (Wildman–Crippen LogP) is 4.21. The second kappa shape index (κ2) is 14.5. The summed E-state index contributed by atoms with van der Waals surface area (Å²) < 4.78 is 22.5. The third-order valence-electron chi connectivity index (χ3n) is 7.84. The second-order valence-corrected chi connectivity index (χ2v) is 10.7. The standard InChI is InChI=1S/C32H37N3O9/c1-3-4-15-33-29(36)18-34-17-26(23-9-14-27-28(16-23)42-20-41-27)30(31(34)22-7-12-24(40-2)13-8-22)32(37)44-25-10-5-21(6-11-25)19-43-35(38)39/h5-14,16,26,30-31,38-39H,3-4,15,17-20H2,1-2H3,(H,33,36). The van der Waals surface area contributed by atoms with E-state index in [1.165, 1.54) is 0 Å². The average Bonchev–Trinajstić information content (AvgIpc) is 3.65. The fourth-order valence-electron chi connectivity index (χ4n) is 5.67. The van der Waals surface area contributed by atoms with Crippen LogP contribution in [0.4, 0.5) is 0 Å². The van der Waals surface area contributed by atoms with E-state index in [2.05, 4.69) is 17.1 Å². The van der Waals surface area contributed by atoms with Gasteiger partial charge in [0.2, 0.25) is 12.7 Å². The van der Waals surface area contributed by atoms with Crippen LogP contribution in [0.3, 0.4) is 0 Å². The molecular formula is C32H37N3O9. The maximum absolute atomic E-state index is 14.2. The SMILES string of the molecule is CCCCNC(=O)CN1CC(c2ccc3c(c2)OCO3)C(C(=O)Oc2ccc(CON(O)O)cc2)C1c1ccc(OC)cc1. The fraction of sp³-hybridized carbons (Fsp3) is 0.375. The van der Waals surface area contributed by atoms with Gasteiger partial charge in [-0.2, -0.15) is 0 Å². The van der Waals surface area contributed by atoms with Gasteiger partial charge in [-0.25, -0.2) is 4.84 Å². The van der Waals surface area contributed by atoms with Crippen LogP contribution in [-0.4, -0.2) is 66.1 Å². The third kappa shape index (κ3) is 7.47. The number of amides is 1. The molecule has 0 spiro atoms. The Morgan fingerprint density at radius 3 is 2.39 bits per heavy atom. The monoisotopic (exact) mass is 607 g/mol. The van der Waals surface area contributed by atoms with E-state index in [1.807, 2.05) is 47.4 Å². The molecule has 44 heavy (non-hydrogen) atoms. The van der Waals surface area contributed by atoms with Gasteiger partial charge in [-0.1, -0.05) is 43.7 Å². The summed E-state index contributed by atoms with van der Waals surface area (Å²) in [6.07, 6.45) is 1.85. The lowest BCUT2D eigenvalue weighted by Gasteiger charge is -2.28. The van der Waals surface area contributed by atoms with Gasteiger partial charge >= 0.3 is 5.97 Å². The van der Waals surface area contributed by atoms with Crippen molar-refractivity contribution in [2.75, 3.05) is 33.5 Å². The Morgan fingerprint density at radius 2 is 1.68 bits per heavy atom. The molecule has 3 atom stereocenters. The molecule has 0 bridgehead atoms. The van der Waals surface area contributed by atoms with Gasteiger partial charge in [0.1, 0.15) is 11.5 Å². The first-order valence-electron chi connectivity index (χ1n) is 14.5. The Bertz CT molecular complexity index is 1420. The predicted molar refractivity (Wildman–Crippen MR) is 156 cm³/mol. The maximum Gasteiger partial charge on any atom is 0.316 e. The van der Waals surface area contributed by atoms with Gasteiger partial charge in [-0.15, -0.1) is 0 Å². The minimum Gasteiger partial charge on any atom is -0.497 e. The number of rotatable bonds is 13. The highest BCUT2D eigenvalue weighted by Crippen LogP contribution is 2.48. The molecule has 2 aliphatic rings. The molecular weight excluding hydrogens is 570 g/mol. The molecule has 1 fully saturated rings. The summed E-state index contributed by atoms with van der Waals surface area (Å²) in [5, 5.41) is 20.2. The number of benzene rings is 3. The lowest BCUT2D eigenvalue weighted by Crippen LogP contribution is -2.39. The van der Waals surface area contributed by atoms with E-state index in [0.29, 0.717) is 41.7 Å². The first kappa shape index (κ1) is 31.2. The highest BCUT2D eigenvalue weighted by atomic mass is 17.1. The fourth-order valence-corrected chi connectivity index (χ4v) is 5.67. The van der Waals surface area contributed by atoms with Crippen molar-refractivity contribution in [2.45, 2.75) is 38.3 Å². The van der Waals surface area contributed by atoms with Crippen LogP contribution >= 0.6 is 0 Å². The number of likely N-dealkylation sites (tertiary alicyclic amines) is 1. The van der Waals surface area contributed by atoms with Crippen molar-refractivity contribution in [3.8, 4) is 23.0 Å². The van der Waals surface area contributed by atoms with Crippen molar-refractivity contribution in [2.24, 2.45) is 5.92 Å². The zero-order valence-corrected chi connectivity index (χ0v) is 24.7. The molecule has 0 aliphatic carbocycles. The van der Waals surface area contributed by atoms with Crippen LogP contribution in [0.25, 0.3) is 0 Å². The first-order valence-corrected chi connectivity index (χ1v) is 14.5. The Labute approximate surface area is 255 Å². The van der Waals surface area contributed by atoms with E-state index < -0.39 is 17.9 Å². The number of methoxy groups -OCH3 is 1. The van der Waals surface area contributed by atoms with Crippen molar-refractivity contribution >= 4 is 11.9 Å². The van der Waals surface area contributed by atoms with E-state index in [1.54, 1.807) is 31.4 Å². The molecule has 12 nitrogen and oxygen atoms in total. The molecule has 0 aromatic heterocycles. The molecule has 3 unspecified atom stereocenters. The number of nitrogens with one attached hydrogen (secondary N) is 1. The Kier molecular flexibility index (Phi) is 10.3. The number of carbonyl (C=O) groups excluding carboxylic acids is 2. The van der Waals surface area contributed by atoms with Gasteiger partial charge in [-0.05, 0) is 59.5 Å². The van der Waals surface area contributed by atoms with Crippen LogP contribution in [0, 0.1) is 5.92 Å². The molecule has 1 amide bonds. The molecule has 1 saturated heterocycles. The van der Waals surface area contributed by atoms with Gasteiger partial charge in [0.25, 0.3) is 0 Å². The smallest absolute Gasteiger partial charge is 0.316 e. The first-order chi connectivity index (χ1) is 21.4. The largest absolute Gasteiger partial charge is 0.497 e. The normalized spacial score (nSPS) is 19.2. The Balaban J connectivity index is 1.48. The highest BCUT2D eigenvalue weighted by molar-refractivity contribution is 5.80. The van der Waals surface area contributed by atoms with Gasteiger partial charge in [0.05, 0.1) is 31.6 Å². The van der Waals surface area contributed by atoms with Crippen LogP contribution in [-0.2, 0) is 21.0 Å². The number of unbranched alkanes of at least 4 members (excludes halogenated alkanes) is 1. The van der Waals surface area contributed by atoms with Crippen molar-refractivity contribution in [1.29, 1.82) is 0 Å². The van der Waals surface area contributed by atoms with Crippen molar-refractivity contribution in [3.63, 3.8) is 0 Å². The van der Waals surface area contributed by atoms with Crippen LogP contribution in [0.5, 0.6) is 23.0 Å². The van der Waals surface area contributed by atoms with E-state index in [0.717, 1.165) is 24.0 Å². The molecule has 5 rings (SSSR count). The zero-order chi connectivity index (χ0) is 31.1. The Morgan fingerprint density at radius 1 is 0.977 bits per heavy atom. The summed E-state index contributed by atoms with van der Waals surface area (Å²) in [5.41, 5.74) is 2.35. The minimum atomic E-state index is -0.687. The number of carbonyl (C=O) groups is 2. The van der Waals surface area contributed by atoms with E-state index in [4.69, 9.17) is 29.4 Å². The summed E-state index contributed by atoms with van der Waals surface area (Å²) >= 11 is 0. The van der Waals surface area contributed by atoms with Crippen molar-refractivity contribution in [1.82, 2.24) is 15.6 Å². The van der Waals surface area contributed by atoms with Gasteiger partial charge in [-0.3, -0.25) is 24.9 Å². The van der Waals surface area contributed by atoms with Gasteiger partial charge < -0.3 is 24.3 Å². The van der Waals surface area contributed by atoms with Gasteiger partial charge in [0.15, 0.2) is 11.5 Å². The van der Waals surface area contributed by atoms with Crippen LogP contribution < -0.4 is 24.3 Å². The third-order valence-corrected chi connectivity index (χ3v) is 7.84. The topological polar surface area (TPSA) is 139 Å². The molecule has 3 N–H and O–H groups in total. The van der Waals surface area contributed by atoms with Crippen molar-refractivity contribution in [3.05, 3.63) is 83.4 Å². The van der Waals surface area contributed by atoms with Crippen LogP contribution in [0.1, 0.15) is 48.4 Å². The molecule has 234 valence electrons. The zero-order valence-electron chi connectivity index (χ0n) is 24.7. The number of hydrogen-bond acceptors (Lipinski definition) is 11. The molecule has 3 aromatic rings.